The summed E-state index contributed by atoms with van der Waals surface area (Å²) in [5.74, 6) is -2.34. The van der Waals surface area contributed by atoms with Gasteiger partial charge in [-0.3, -0.25) is 14.4 Å². The van der Waals surface area contributed by atoms with Crippen molar-refractivity contribution in [3.05, 3.63) is 34.3 Å². The predicted octanol–water partition coefficient (Wildman–Crippen LogP) is 1.41. The zero-order valence-corrected chi connectivity index (χ0v) is 13.1. The molecule has 0 radical (unpaired) electrons. The van der Waals surface area contributed by atoms with Crippen LogP contribution in [0, 0.1) is 5.92 Å². The summed E-state index contributed by atoms with van der Waals surface area (Å²) in [5, 5.41) is 13.8. The lowest BCUT2D eigenvalue weighted by Gasteiger charge is -2.11. The first-order valence-corrected chi connectivity index (χ1v) is 7.26. The predicted molar refractivity (Wildman–Crippen MR) is 80.9 cm³/mol. The maximum Gasteiger partial charge on any atom is 0.308 e. The lowest BCUT2D eigenvalue weighted by molar-refractivity contribution is -0.141. The van der Waals surface area contributed by atoms with E-state index in [9.17, 15) is 14.4 Å². The van der Waals surface area contributed by atoms with Crippen molar-refractivity contribution in [2.24, 2.45) is 5.92 Å². The van der Waals surface area contributed by atoms with Gasteiger partial charge >= 0.3 is 5.97 Å². The summed E-state index contributed by atoms with van der Waals surface area (Å²) in [4.78, 5) is 34.1. The van der Waals surface area contributed by atoms with E-state index in [1.165, 1.54) is 0 Å². The standard InChI is InChI=1S/C14H17BrN2O4/c1-2-9(14(20)21)7-16-12(18)8-17-13(19)10-3-5-11(15)6-4-10/h3-6,9H,2,7-8H2,1H3,(H,16,18)(H,17,19)(H,20,21). The molecule has 0 saturated carbocycles. The van der Waals surface area contributed by atoms with Gasteiger partial charge in [-0.2, -0.15) is 0 Å². The van der Waals surface area contributed by atoms with E-state index in [-0.39, 0.29) is 19.0 Å². The second-order valence-electron chi connectivity index (χ2n) is 4.44. The quantitative estimate of drug-likeness (QED) is 0.688. The highest BCUT2D eigenvalue weighted by molar-refractivity contribution is 9.10. The zero-order valence-electron chi connectivity index (χ0n) is 11.6. The maximum absolute atomic E-state index is 11.8. The van der Waals surface area contributed by atoms with Gasteiger partial charge in [0.2, 0.25) is 5.91 Å². The maximum atomic E-state index is 11.8. The fourth-order valence-electron chi connectivity index (χ4n) is 1.57. The molecule has 0 aliphatic heterocycles. The van der Waals surface area contributed by atoms with Gasteiger partial charge in [0.15, 0.2) is 0 Å². The molecule has 0 bridgehead atoms. The highest BCUT2D eigenvalue weighted by atomic mass is 79.9. The number of carbonyl (C=O) groups is 3. The van der Waals surface area contributed by atoms with Gasteiger partial charge in [0, 0.05) is 16.6 Å². The smallest absolute Gasteiger partial charge is 0.308 e. The molecule has 3 N–H and O–H groups in total. The van der Waals surface area contributed by atoms with Crippen LogP contribution in [0.25, 0.3) is 0 Å². The first-order chi connectivity index (χ1) is 9.93. The molecule has 21 heavy (non-hydrogen) atoms. The fourth-order valence-corrected chi connectivity index (χ4v) is 1.83. The lowest BCUT2D eigenvalue weighted by atomic mass is 10.1. The minimum atomic E-state index is -0.948. The van der Waals surface area contributed by atoms with Crippen molar-refractivity contribution >= 4 is 33.7 Å². The molecular weight excluding hydrogens is 340 g/mol. The largest absolute Gasteiger partial charge is 0.481 e. The number of hydrogen-bond donors (Lipinski definition) is 3. The SMILES string of the molecule is CCC(CNC(=O)CNC(=O)c1ccc(Br)cc1)C(=O)O. The second-order valence-corrected chi connectivity index (χ2v) is 5.35. The molecule has 1 unspecified atom stereocenters. The van der Waals surface area contributed by atoms with Crippen LogP contribution in [0.5, 0.6) is 0 Å². The first kappa shape index (κ1) is 17.2. The second kappa shape index (κ2) is 8.41. The molecule has 0 aliphatic rings. The van der Waals surface area contributed by atoms with Gasteiger partial charge < -0.3 is 15.7 Å². The van der Waals surface area contributed by atoms with Crippen LogP contribution < -0.4 is 10.6 Å². The molecule has 1 aromatic rings. The molecule has 6 nitrogen and oxygen atoms in total. The number of carboxylic acid groups (broad SMARTS) is 1. The van der Waals surface area contributed by atoms with Gasteiger partial charge in [-0.1, -0.05) is 22.9 Å². The van der Waals surface area contributed by atoms with Gasteiger partial charge in [0.25, 0.3) is 5.91 Å². The highest BCUT2D eigenvalue weighted by Gasteiger charge is 2.16. The number of benzene rings is 1. The normalized spacial score (nSPS) is 11.5. The summed E-state index contributed by atoms with van der Waals surface area (Å²) in [6.45, 7) is 1.60. The van der Waals surface area contributed by atoms with E-state index in [2.05, 4.69) is 26.6 Å². The molecule has 0 saturated heterocycles. The molecule has 0 heterocycles. The third kappa shape index (κ3) is 5.95. The molecule has 0 aliphatic carbocycles. The number of aliphatic carboxylic acids is 1. The molecule has 0 fully saturated rings. The van der Waals surface area contributed by atoms with Crippen LogP contribution >= 0.6 is 15.9 Å². The number of hydrogen-bond acceptors (Lipinski definition) is 3. The Morgan fingerprint density at radius 3 is 2.33 bits per heavy atom. The third-order valence-electron chi connectivity index (χ3n) is 2.90. The zero-order chi connectivity index (χ0) is 15.8. The van der Waals surface area contributed by atoms with E-state index >= 15 is 0 Å². The molecule has 1 rings (SSSR count). The Kier molecular flexibility index (Phi) is 6.87. The number of carbonyl (C=O) groups excluding carboxylic acids is 2. The van der Waals surface area contributed by atoms with Crippen molar-refractivity contribution in [3.63, 3.8) is 0 Å². The van der Waals surface area contributed by atoms with Crippen LogP contribution in [0.2, 0.25) is 0 Å². The summed E-state index contributed by atoms with van der Waals surface area (Å²) in [7, 11) is 0. The highest BCUT2D eigenvalue weighted by Crippen LogP contribution is 2.10. The summed E-state index contributed by atoms with van der Waals surface area (Å²) in [6.07, 6.45) is 0.431. The van der Waals surface area contributed by atoms with Crippen molar-refractivity contribution in [2.75, 3.05) is 13.1 Å². The fraction of sp³-hybridized carbons (Fsp3) is 0.357. The van der Waals surface area contributed by atoms with E-state index < -0.39 is 17.8 Å². The van der Waals surface area contributed by atoms with Gasteiger partial charge in [0.1, 0.15) is 0 Å². The topological polar surface area (TPSA) is 95.5 Å². The molecule has 7 heteroatoms. The first-order valence-electron chi connectivity index (χ1n) is 6.47. The van der Waals surface area contributed by atoms with E-state index in [1.807, 2.05) is 0 Å². The van der Waals surface area contributed by atoms with Crippen LogP contribution in [-0.4, -0.2) is 36.0 Å². The van der Waals surface area contributed by atoms with Crippen LogP contribution in [0.4, 0.5) is 0 Å². The van der Waals surface area contributed by atoms with Crippen molar-refractivity contribution in [1.29, 1.82) is 0 Å². The van der Waals surface area contributed by atoms with E-state index in [4.69, 9.17) is 5.11 Å². The number of carboxylic acids is 1. The summed E-state index contributed by atoms with van der Waals surface area (Å²) in [5.41, 5.74) is 0.447. The van der Waals surface area contributed by atoms with Crippen LogP contribution in [-0.2, 0) is 9.59 Å². The Morgan fingerprint density at radius 2 is 1.81 bits per heavy atom. The van der Waals surface area contributed by atoms with Gasteiger partial charge in [-0.25, -0.2) is 0 Å². The Bertz CT molecular complexity index is 516. The average Bonchev–Trinajstić information content (AvgIpc) is 2.45. The van der Waals surface area contributed by atoms with Gasteiger partial charge in [-0.05, 0) is 30.7 Å². The third-order valence-corrected chi connectivity index (χ3v) is 3.43. The van der Waals surface area contributed by atoms with Crippen molar-refractivity contribution in [1.82, 2.24) is 10.6 Å². The molecule has 0 aromatic heterocycles. The van der Waals surface area contributed by atoms with Crippen molar-refractivity contribution in [2.45, 2.75) is 13.3 Å². The van der Waals surface area contributed by atoms with E-state index in [0.717, 1.165) is 4.47 Å². The number of rotatable bonds is 7. The molecular formula is C14H17BrN2O4. The average molecular weight is 357 g/mol. The van der Waals surface area contributed by atoms with Crippen LogP contribution in [0.1, 0.15) is 23.7 Å². The van der Waals surface area contributed by atoms with Gasteiger partial charge in [0.05, 0.1) is 12.5 Å². The monoisotopic (exact) mass is 356 g/mol. The molecule has 1 aromatic carbocycles. The van der Waals surface area contributed by atoms with Crippen LogP contribution in [0.15, 0.2) is 28.7 Å². The Hall–Kier alpha value is -1.89. The number of nitrogens with one attached hydrogen (secondary N) is 2. The molecule has 2 amide bonds. The Morgan fingerprint density at radius 1 is 1.19 bits per heavy atom. The Labute approximate surface area is 131 Å². The summed E-state index contributed by atoms with van der Waals surface area (Å²) in [6, 6.07) is 6.73. The van der Waals surface area contributed by atoms with E-state index in [0.29, 0.717) is 12.0 Å². The Balaban J connectivity index is 2.37. The van der Waals surface area contributed by atoms with Crippen molar-refractivity contribution < 1.29 is 19.5 Å². The summed E-state index contributed by atoms with van der Waals surface area (Å²) >= 11 is 3.27. The van der Waals surface area contributed by atoms with Gasteiger partial charge in [-0.15, -0.1) is 0 Å². The molecule has 1 atom stereocenters. The van der Waals surface area contributed by atoms with E-state index in [1.54, 1.807) is 31.2 Å². The molecule has 0 spiro atoms. The minimum absolute atomic E-state index is 0.0544. The summed E-state index contributed by atoms with van der Waals surface area (Å²) < 4.78 is 0.857. The van der Waals surface area contributed by atoms with Crippen molar-refractivity contribution in [3.8, 4) is 0 Å². The van der Waals surface area contributed by atoms with Crippen LogP contribution in [0.3, 0.4) is 0 Å². The minimum Gasteiger partial charge on any atom is -0.481 e. The molecule has 114 valence electrons. The number of halogens is 1. The lowest BCUT2D eigenvalue weighted by Crippen LogP contribution is -2.40. The number of amides is 2.